The highest BCUT2D eigenvalue weighted by atomic mass is 35.5. The van der Waals surface area contributed by atoms with Gasteiger partial charge in [-0.2, -0.15) is 13.5 Å². The van der Waals surface area contributed by atoms with E-state index >= 15 is 8.78 Å². The molecule has 1 aliphatic heterocycles. The van der Waals surface area contributed by atoms with Gasteiger partial charge in [0.1, 0.15) is 11.5 Å². The van der Waals surface area contributed by atoms with Gasteiger partial charge >= 0.3 is 0 Å². The van der Waals surface area contributed by atoms with Crippen LogP contribution in [0.2, 0.25) is 5.02 Å². The van der Waals surface area contributed by atoms with E-state index in [2.05, 4.69) is 4.72 Å². The summed E-state index contributed by atoms with van der Waals surface area (Å²) in [6.45, 7) is 0.813. The van der Waals surface area contributed by atoms with Gasteiger partial charge in [-0.25, -0.2) is 8.42 Å². The van der Waals surface area contributed by atoms with Gasteiger partial charge in [-0.15, -0.1) is 0 Å². The van der Waals surface area contributed by atoms with Gasteiger partial charge in [0.25, 0.3) is 5.92 Å². The van der Waals surface area contributed by atoms with Crippen LogP contribution < -0.4 is 19.9 Å². The average molecular weight is 676 g/mol. The van der Waals surface area contributed by atoms with Gasteiger partial charge in [0.05, 0.1) is 18.6 Å². The highest BCUT2D eigenvalue weighted by molar-refractivity contribution is 7.89. The maximum atomic E-state index is 16.5. The molecule has 248 valence electrons. The Morgan fingerprint density at radius 2 is 1.65 bits per heavy atom. The second kappa shape index (κ2) is 14.7. The molecule has 1 saturated carbocycles. The molecule has 0 bridgehead atoms. The van der Waals surface area contributed by atoms with E-state index in [0.29, 0.717) is 47.3 Å². The summed E-state index contributed by atoms with van der Waals surface area (Å²) < 4.78 is 73.5. The number of likely N-dealkylation sites (tertiary alicyclic amines) is 1. The number of alkyl halides is 2. The number of nitrogens with zero attached hydrogens (tertiary/aromatic N) is 1. The number of carbonyl (C=O) groups excluding carboxylic acids is 1. The Labute approximate surface area is 274 Å². The molecule has 5 rings (SSSR count). The van der Waals surface area contributed by atoms with Crippen LogP contribution in [-0.4, -0.2) is 58.1 Å². The first-order valence-corrected chi connectivity index (χ1v) is 17.5. The first kappa shape index (κ1) is 34.1. The van der Waals surface area contributed by atoms with Crippen molar-refractivity contribution in [1.29, 1.82) is 0 Å². The summed E-state index contributed by atoms with van der Waals surface area (Å²) in [7, 11) is -3.22. The molecule has 0 aromatic heterocycles. The molecule has 3 N–H and O–H groups in total. The van der Waals surface area contributed by atoms with E-state index in [0.717, 1.165) is 18.9 Å². The summed E-state index contributed by atoms with van der Waals surface area (Å²) in [6, 6.07) is 13.5. The van der Waals surface area contributed by atoms with Gasteiger partial charge in [-0.05, 0) is 79.6 Å². The maximum absolute atomic E-state index is 16.5. The van der Waals surface area contributed by atoms with Crippen LogP contribution in [-0.2, 0) is 20.7 Å². The summed E-state index contributed by atoms with van der Waals surface area (Å²) in [5.41, 5.74) is 6.60. The molecule has 2 aliphatic rings. The van der Waals surface area contributed by atoms with E-state index in [9.17, 15) is 13.2 Å². The number of hydrogen-bond acceptors (Lipinski definition) is 6. The first-order chi connectivity index (χ1) is 22.0. The van der Waals surface area contributed by atoms with Crippen LogP contribution in [0, 0.1) is 5.92 Å². The summed E-state index contributed by atoms with van der Waals surface area (Å²) in [5, 5.41) is 0.514. The Balaban J connectivity index is 1.42. The highest BCUT2D eigenvalue weighted by Crippen LogP contribution is 2.40. The normalized spacial score (nSPS) is 17.5. The molecule has 1 saturated heterocycles. The number of carbonyl (C=O) groups is 1. The summed E-state index contributed by atoms with van der Waals surface area (Å²) in [6.07, 6.45) is 6.60. The number of halogens is 3. The molecule has 0 radical (unpaired) electrons. The first-order valence-electron chi connectivity index (χ1n) is 15.6. The number of ether oxygens (including phenoxy) is 2. The van der Waals surface area contributed by atoms with Crippen LogP contribution in [0.15, 0.2) is 71.6 Å². The fraction of sp³-hybridized carbons (Fsp3) is 0.441. The zero-order valence-corrected chi connectivity index (χ0v) is 27.3. The lowest BCUT2D eigenvalue weighted by Gasteiger charge is -2.35. The number of hydrogen-bond donors (Lipinski definition) is 2. The van der Waals surface area contributed by atoms with Gasteiger partial charge in [0.15, 0.2) is 6.04 Å². The number of benzene rings is 3. The lowest BCUT2D eigenvalue weighted by Crippen LogP contribution is -2.58. The van der Waals surface area contributed by atoms with Gasteiger partial charge in [-0.1, -0.05) is 55.1 Å². The molecule has 12 heteroatoms. The lowest BCUT2D eigenvalue weighted by molar-refractivity contribution is -0.145. The summed E-state index contributed by atoms with van der Waals surface area (Å²) in [4.78, 5) is 14.7. The van der Waals surface area contributed by atoms with E-state index < -0.39 is 33.5 Å². The minimum absolute atomic E-state index is 0.126. The van der Waals surface area contributed by atoms with Crippen molar-refractivity contribution < 1.29 is 31.5 Å². The third-order valence-electron chi connectivity index (χ3n) is 8.82. The van der Waals surface area contributed by atoms with E-state index in [1.54, 1.807) is 24.3 Å². The number of sulfonamides is 1. The Hall–Kier alpha value is -3.25. The fourth-order valence-electron chi connectivity index (χ4n) is 6.02. The number of rotatable bonds is 11. The topological polar surface area (TPSA) is 111 Å². The smallest absolute Gasteiger partial charge is 0.298 e. The van der Waals surface area contributed by atoms with Gasteiger partial charge in [0, 0.05) is 35.3 Å². The second-order valence-electron chi connectivity index (χ2n) is 12.0. The number of piperidine rings is 1. The standard InChI is InChI=1S/C34H40ClF2N3O5S/c1-44-31-21-25(9-16-30(31)24-7-10-26(35)11-8-24)34(36,37)32(33(41)40-19-17-27(38)18-20-40)39-46(42,43)29-14-12-28(13-15-29)45-22-23-5-3-2-4-6-23/h7-16,21,23,27,32,39H,2-6,17-20,22,38H2,1H3/t32-/m1/s1. The number of nitrogens with one attached hydrogen (secondary N) is 1. The quantitative estimate of drug-likeness (QED) is 0.245. The Kier molecular flexibility index (Phi) is 10.9. The van der Waals surface area contributed by atoms with Crippen molar-refractivity contribution in [1.82, 2.24) is 9.62 Å². The van der Waals surface area contributed by atoms with Crippen LogP contribution in [0.3, 0.4) is 0 Å². The third-order valence-corrected chi connectivity index (χ3v) is 10.5. The summed E-state index contributed by atoms with van der Waals surface area (Å²) in [5.74, 6) is -3.93. The van der Waals surface area contributed by atoms with Crippen molar-refractivity contribution in [3.63, 3.8) is 0 Å². The van der Waals surface area contributed by atoms with Gasteiger partial charge in [0.2, 0.25) is 15.9 Å². The predicted molar refractivity (Wildman–Crippen MR) is 174 cm³/mol. The zero-order chi connectivity index (χ0) is 32.9. The Bertz CT molecular complexity index is 1590. The van der Waals surface area contributed by atoms with E-state index in [-0.39, 0.29) is 29.8 Å². The van der Waals surface area contributed by atoms with Crippen molar-refractivity contribution in [3.05, 3.63) is 77.3 Å². The van der Waals surface area contributed by atoms with Crippen LogP contribution in [0.1, 0.15) is 50.5 Å². The average Bonchev–Trinajstić information content (AvgIpc) is 3.07. The number of amides is 1. The van der Waals surface area contributed by atoms with Crippen LogP contribution >= 0.6 is 11.6 Å². The number of methoxy groups -OCH3 is 1. The van der Waals surface area contributed by atoms with Crippen molar-refractivity contribution in [3.8, 4) is 22.6 Å². The van der Waals surface area contributed by atoms with Gasteiger partial charge in [-0.3, -0.25) is 4.79 Å². The van der Waals surface area contributed by atoms with Crippen LogP contribution in [0.4, 0.5) is 8.78 Å². The Morgan fingerprint density at radius 3 is 2.28 bits per heavy atom. The van der Waals surface area contributed by atoms with Crippen molar-refractivity contribution in [2.24, 2.45) is 11.7 Å². The second-order valence-corrected chi connectivity index (χ2v) is 14.2. The monoisotopic (exact) mass is 675 g/mol. The number of nitrogens with two attached hydrogens (primary N) is 1. The fourth-order valence-corrected chi connectivity index (χ4v) is 7.34. The molecule has 1 atom stereocenters. The highest BCUT2D eigenvalue weighted by Gasteiger charge is 2.50. The molecule has 8 nitrogen and oxygen atoms in total. The lowest BCUT2D eigenvalue weighted by atomic mass is 9.90. The van der Waals surface area contributed by atoms with Crippen LogP contribution in [0.25, 0.3) is 11.1 Å². The SMILES string of the molecule is COc1cc(C(F)(F)[C@H](NS(=O)(=O)c2ccc(OCC3CCCCC3)cc2)C(=O)N2CCC(N)CC2)ccc1-c1ccc(Cl)cc1. The molecule has 3 aromatic rings. The van der Waals surface area contributed by atoms with Crippen LogP contribution in [0.5, 0.6) is 11.5 Å². The maximum Gasteiger partial charge on any atom is 0.298 e. The van der Waals surface area contributed by atoms with Crippen molar-refractivity contribution in [2.45, 2.75) is 67.8 Å². The molecular weight excluding hydrogens is 636 g/mol. The van der Waals surface area contributed by atoms with E-state index in [1.165, 1.54) is 67.7 Å². The minimum Gasteiger partial charge on any atom is -0.496 e. The van der Waals surface area contributed by atoms with Crippen molar-refractivity contribution in [2.75, 3.05) is 26.8 Å². The molecule has 0 unspecified atom stereocenters. The van der Waals surface area contributed by atoms with Crippen molar-refractivity contribution >= 4 is 27.5 Å². The molecule has 1 aliphatic carbocycles. The van der Waals surface area contributed by atoms with Gasteiger partial charge < -0.3 is 20.1 Å². The molecule has 3 aromatic carbocycles. The predicted octanol–water partition coefficient (Wildman–Crippen LogP) is 6.36. The van der Waals surface area contributed by atoms with E-state index in [4.69, 9.17) is 26.8 Å². The zero-order valence-electron chi connectivity index (χ0n) is 25.8. The largest absolute Gasteiger partial charge is 0.496 e. The molecule has 1 amide bonds. The minimum atomic E-state index is -4.57. The summed E-state index contributed by atoms with van der Waals surface area (Å²) >= 11 is 6.01. The Morgan fingerprint density at radius 1 is 1.00 bits per heavy atom. The molecule has 46 heavy (non-hydrogen) atoms. The molecule has 2 fully saturated rings. The molecule has 1 heterocycles. The van der Waals surface area contributed by atoms with E-state index in [1.807, 2.05) is 0 Å². The molecular formula is C34H40ClF2N3O5S. The molecule has 0 spiro atoms. The third kappa shape index (κ3) is 7.99.